The van der Waals surface area contributed by atoms with E-state index in [1.54, 1.807) is 12.4 Å². The Bertz CT molecular complexity index is 3610. The first kappa shape index (κ1) is 39.4. The summed E-state index contributed by atoms with van der Waals surface area (Å²) < 4.78 is 0. The highest BCUT2D eigenvalue weighted by Gasteiger charge is 2.41. The second-order valence-corrected chi connectivity index (χ2v) is 17.4. The zero-order valence-corrected chi connectivity index (χ0v) is 36.8. The van der Waals surface area contributed by atoms with Crippen molar-refractivity contribution in [2.75, 3.05) is 0 Å². The number of pyridine rings is 1. The predicted molar refractivity (Wildman–Crippen MR) is 271 cm³/mol. The molecule has 0 aliphatic heterocycles. The van der Waals surface area contributed by atoms with Crippen molar-refractivity contribution in [1.29, 1.82) is 0 Å². The fourth-order valence-electron chi connectivity index (χ4n) is 10.2. The number of hydrogen-bond acceptors (Lipinski definition) is 6. The quantitative estimate of drug-likeness (QED) is 0.151. The summed E-state index contributed by atoms with van der Waals surface area (Å²) in [4.78, 5) is 29.7. The monoisotopic (exact) mass is 868 g/mol. The molecule has 68 heavy (non-hydrogen) atoms. The van der Waals surface area contributed by atoms with E-state index in [0.717, 1.165) is 67.3 Å². The highest BCUT2D eigenvalue weighted by Crippen LogP contribution is 2.56. The van der Waals surface area contributed by atoms with Gasteiger partial charge in [0, 0.05) is 57.6 Å². The first-order valence-corrected chi connectivity index (χ1v) is 23.0. The second kappa shape index (κ2) is 16.5. The van der Waals surface area contributed by atoms with Crippen molar-refractivity contribution in [3.63, 3.8) is 0 Å². The van der Waals surface area contributed by atoms with Crippen LogP contribution in [-0.4, -0.2) is 29.9 Å². The van der Waals surface area contributed by atoms with Crippen LogP contribution in [0.4, 0.5) is 0 Å². The molecule has 0 N–H and O–H groups in total. The molecule has 0 saturated carbocycles. The Labute approximate surface area is 394 Å². The molecule has 2 atom stereocenters. The van der Waals surface area contributed by atoms with E-state index in [4.69, 9.17) is 24.9 Å². The van der Waals surface area contributed by atoms with Crippen molar-refractivity contribution in [3.8, 4) is 90.3 Å². The van der Waals surface area contributed by atoms with Gasteiger partial charge in [-0.05, 0) is 86.0 Å². The van der Waals surface area contributed by atoms with Crippen LogP contribution >= 0.6 is 0 Å². The first-order valence-electron chi connectivity index (χ1n) is 23.0. The largest absolute Gasteiger partial charge is 0.265 e. The summed E-state index contributed by atoms with van der Waals surface area (Å²) in [7, 11) is 0. The summed E-state index contributed by atoms with van der Waals surface area (Å²) in [5.41, 5.74) is 20.3. The lowest BCUT2D eigenvalue weighted by Gasteiger charge is -2.42. The maximum absolute atomic E-state index is 5.20. The van der Waals surface area contributed by atoms with Gasteiger partial charge in [0.25, 0.3) is 0 Å². The zero-order valence-electron chi connectivity index (χ0n) is 36.8. The van der Waals surface area contributed by atoms with Gasteiger partial charge in [0.15, 0.2) is 23.3 Å². The lowest BCUT2D eigenvalue weighted by atomic mass is 9.60. The van der Waals surface area contributed by atoms with Crippen LogP contribution in [0, 0.1) is 0 Å². The van der Waals surface area contributed by atoms with Crippen LogP contribution < -0.4 is 0 Å². The summed E-state index contributed by atoms with van der Waals surface area (Å²) in [5, 5.41) is 0. The Morgan fingerprint density at radius 2 is 0.647 bits per heavy atom. The molecule has 2 unspecified atom stereocenters. The van der Waals surface area contributed by atoms with Crippen LogP contribution in [-0.2, 0) is 0 Å². The number of nitrogens with zero attached hydrogens (tertiary/aromatic N) is 6. The lowest BCUT2D eigenvalue weighted by molar-refractivity contribution is 0.755. The van der Waals surface area contributed by atoms with Gasteiger partial charge in [-0.25, -0.2) is 24.9 Å². The molecule has 318 valence electrons. The molecule has 0 saturated heterocycles. The van der Waals surface area contributed by atoms with Crippen molar-refractivity contribution in [2.24, 2.45) is 0 Å². The van der Waals surface area contributed by atoms with Gasteiger partial charge in [0.05, 0.1) is 11.4 Å². The molecule has 0 fully saturated rings. The van der Waals surface area contributed by atoms with Gasteiger partial charge >= 0.3 is 0 Å². The van der Waals surface area contributed by atoms with E-state index in [9.17, 15) is 0 Å². The average molecular weight is 869 g/mol. The van der Waals surface area contributed by atoms with E-state index in [1.807, 2.05) is 48.5 Å². The van der Waals surface area contributed by atoms with E-state index in [0.29, 0.717) is 17.5 Å². The minimum atomic E-state index is 0.0984. The van der Waals surface area contributed by atoms with Gasteiger partial charge < -0.3 is 0 Å². The van der Waals surface area contributed by atoms with Gasteiger partial charge in [-0.15, -0.1) is 0 Å². The van der Waals surface area contributed by atoms with Gasteiger partial charge in [-0.2, -0.15) is 0 Å². The standard InChI is InChI=1S/C62H40N6/c1-4-14-40(15-5-1)47-20-10-13-23-52(47)62-67-60(66-61(68-62)44-32-34-63-35-33-44)43-26-24-39(25-27-43)45-28-30-50-53(36-45)57-48-21-11-12-22-49(48)58(50)54-37-46(29-31-51(54)57)56-38-55(41-16-6-2-7-17-41)64-59(65-56)42-18-8-3-9-19-42/h1-38,57-58H. The Morgan fingerprint density at radius 3 is 1.28 bits per heavy atom. The van der Waals surface area contributed by atoms with Crippen molar-refractivity contribution in [2.45, 2.75) is 11.8 Å². The molecule has 2 bridgehead atoms. The molecule has 0 radical (unpaired) electrons. The Hall–Kier alpha value is -9.00. The first-order chi connectivity index (χ1) is 33.7. The molecular formula is C62H40N6. The van der Waals surface area contributed by atoms with Crippen molar-refractivity contribution < 1.29 is 0 Å². The molecule has 0 amide bonds. The molecule has 3 aromatic heterocycles. The minimum Gasteiger partial charge on any atom is -0.265 e. The molecule has 6 nitrogen and oxygen atoms in total. The van der Waals surface area contributed by atoms with Crippen LogP contribution in [0.15, 0.2) is 231 Å². The van der Waals surface area contributed by atoms with Gasteiger partial charge in [0.1, 0.15) is 0 Å². The summed E-state index contributed by atoms with van der Waals surface area (Å²) in [6.07, 6.45) is 3.54. The third-order valence-electron chi connectivity index (χ3n) is 13.5. The van der Waals surface area contributed by atoms with E-state index in [2.05, 4.69) is 175 Å². The van der Waals surface area contributed by atoms with Crippen LogP contribution in [0.5, 0.6) is 0 Å². The Balaban J connectivity index is 0.869. The molecule has 3 aliphatic carbocycles. The van der Waals surface area contributed by atoms with Gasteiger partial charge in [-0.1, -0.05) is 188 Å². The SMILES string of the molecule is c1ccc(-c2cc(-c3ccc4c(c3)C3c5ccccc5C4c4cc(-c5ccc(-c6nc(-c7ccncc7)nc(-c7ccccc7-c7ccccc7)n6)cc5)ccc43)nc(-c3ccccc3)n2)cc1. The van der Waals surface area contributed by atoms with Gasteiger partial charge in [0.2, 0.25) is 0 Å². The van der Waals surface area contributed by atoms with Crippen LogP contribution in [0.3, 0.4) is 0 Å². The highest BCUT2D eigenvalue weighted by molar-refractivity contribution is 5.82. The van der Waals surface area contributed by atoms with Gasteiger partial charge in [-0.3, -0.25) is 4.98 Å². The molecule has 3 aliphatic rings. The highest BCUT2D eigenvalue weighted by atomic mass is 15.0. The summed E-state index contributed by atoms with van der Waals surface area (Å²) in [5.74, 6) is 2.75. The van der Waals surface area contributed by atoms with Crippen LogP contribution in [0.25, 0.3) is 90.3 Å². The molecular weight excluding hydrogens is 829 g/mol. The Kier molecular flexibility index (Phi) is 9.53. The zero-order chi connectivity index (χ0) is 45.0. The van der Waals surface area contributed by atoms with Crippen molar-refractivity contribution in [3.05, 3.63) is 264 Å². The fraction of sp³-hybridized carbons (Fsp3) is 0.0323. The number of benzene rings is 8. The summed E-state index contributed by atoms with van der Waals surface area (Å²) >= 11 is 0. The van der Waals surface area contributed by atoms with E-state index >= 15 is 0 Å². The smallest absolute Gasteiger partial charge is 0.164 e. The topological polar surface area (TPSA) is 77.3 Å². The Morgan fingerprint density at radius 1 is 0.235 bits per heavy atom. The summed E-state index contributed by atoms with van der Waals surface area (Å²) in [6.45, 7) is 0. The number of hydrogen-bond donors (Lipinski definition) is 0. The number of aromatic nitrogens is 6. The average Bonchev–Trinajstić information content (AvgIpc) is 3.43. The van der Waals surface area contributed by atoms with E-state index in [-0.39, 0.29) is 11.8 Å². The number of rotatable bonds is 8. The maximum atomic E-state index is 5.20. The fourth-order valence-corrected chi connectivity index (χ4v) is 10.2. The predicted octanol–water partition coefficient (Wildman–Crippen LogP) is 14.4. The molecule has 0 spiro atoms. The molecule has 6 heteroatoms. The van der Waals surface area contributed by atoms with E-state index in [1.165, 1.54) is 38.9 Å². The van der Waals surface area contributed by atoms with E-state index < -0.39 is 0 Å². The van der Waals surface area contributed by atoms with Crippen LogP contribution in [0.1, 0.15) is 45.2 Å². The van der Waals surface area contributed by atoms with Crippen molar-refractivity contribution >= 4 is 0 Å². The third-order valence-corrected chi connectivity index (χ3v) is 13.5. The molecule has 3 heterocycles. The normalized spacial score (nSPS) is 14.2. The second-order valence-electron chi connectivity index (χ2n) is 17.4. The van der Waals surface area contributed by atoms with Crippen molar-refractivity contribution in [1.82, 2.24) is 29.9 Å². The molecule has 14 rings (SSSR count). The molecule has 8 aromatic carbocycles. The third kappa shape index (κ3) is 6.90. The van der Waals surface area contributed by atoms with Crippen LogP contribution in [0.2, 0.25) is 0 Å². The summed E-state index contributed by atoms with van der Waals surface area (Å²) in [6, 6.07) is 77.0. The molecule has 11 aromatic rings. The lowest BCUT2D eigenvalue weighted by Crippen LogP contribution is -2.27. The maximum Gasteiger partial charge on any atom is 0.164 e. The minimum absolute atomic E-state index is 0.0984.